The summed E-state index contributed by atoms with van der Waals surface area (Å²) in [6.07, 6.45) is 6.21. The fourth-order valence-corrected chi connectivity index (χ4v) is 3.04. The van der Waals surface area contributed by atoms with Gasteiger partial charge in [-0.3, -0.25) is 19.1 Å². The van der Waals surface area contributed by atoms with Crippen LogP contribution >= 0.6 is 0 Å². The molecular formula is C21H20N6O2. The number of hydrogen-bond acceptors (Lipinski definition) is 5. The van der Waals surface area contributed by atoms with Crippen LogP contribution in [0, 0.1) is 6.92 Å². The van der Waals surface area contributed by atoms with Crippen LogP contribution < -0.4 is 10.9 Å². The molecule has 0 bridgehead atoms. The number of carbonyl (C=O) groups excluding carboxylic acids is 1. The highest BCUT2D eigenvalue weighted by atomic mass is 16.1. The molecule has 0 aliphatic carbocycles. The van der Waals surface area contributed by atoms with Crippen molar-refractivity contribution in [3.8, 4) is 0 Å². The van der Waals surface area contributed by atoms with Crippen molar-refractivity contribution in [1.82, 2.24) is 29.6 Å². The van der Waals surface area contributed by atoms with Crippen LogP contribution in [0.1, 0.15) is 21.5 Å². The number of benzene rings is 1. The third-order valence-electron chi connectivity index (χ3n) is 4.65. The van der Waals surface area contributed by atoms with Crippen LogP contribution in [-0.4, -0.2) is 36.8 Å². The normalized spacial score (nSPS) is 10.9. The highest BCUT2D eigenvalue weighted by molar-refractivity contribution is 5.93. The summed E-state index contributed by atoms with van der Waals surface area (Å²) in [5.41, 5.74) is 3.12. The van der Waals surface area contributed by atoms with E-state index in [-0.39, 0.29) is 11.5 Å². The molecule has 1 N–H and O–H groups in total. The number of fused-ring (bicyclic) bond motifs is 1. The van der Waals surface area contributed by atoms with E-state index in [1.807, 2.05) is 31.2 Å². The van der Waals surface area contributed by atoms with E-state index < -0.39 is 0 Å². The van der Waals surface area contributed by atoms with E-state index in [0.717, 1.165) is 5.56 Å². The Hall–Kier alpha value is -3.81. The van der Waals surface area contributed by atoms with Gasteiger partial charge in [-0.05, 0) is 24.6 Å². The molecule has 146 valence electrons. The third-order valence-corrected chi connectivity index (χ3v) is 4.65. The Labute approximate surface area is 166 Å². The Morgan fingerprint density at radius 1 is 1.10 bits per heavy atom. The largest absolute Gasteiger partial charge is 0.350 e. The molecule has 0 aliphatic heterocycles. The lowest BCUT2D eigenvalue weighted by Gasteiger charge is -2.08. The van der Waals surface area contributed by atoms with Gasteiger partial charge in [-0.1, -0.05) is 29.8 Å². The zero-order valence-corrected chi connectivity index (χ0v) is 15.9. The molecule has 0 aliphatic rings. The molecule has 3 heterocycles. The van der Waals surface area contributed by atoms with Gasteiger partial charge in [0.1, 0.15) is 11.7 Å². The summed E-state index contributed by atoms with van der Waals surface area (Å²) in [5, 5.41) is 7.55. The van der Waals surface area contributed by atoms with Crippen molar-refractivity contribution in [2.45, 2.75) is 20.0 Å². The van der Waals surface area contributed by atoms with E-state index in [9.17, 15) is 9.59 Å². The Morgan fingerprint density at radius 3 is 2.62 bits per heavy atom. The average molecular weight is 388 g/mol. The number of nitrogens with one attached hydrogen (secondary N) is 1. The van der Waals surface area contributed by atoms with Gasteiger partial charge in [0, 0.05) is 24.5 Å². The quantitative estimate of drug-likeness (QED) is 0.543. The minimum atomic E-state index is -0.183. The van der Waals surface area contributed by atoms with E-state index in [1.54, 1.807) is 33.8 Å². The first-order valence-electron chi connectivity index (χ1n) is 9.26. The van der Waals surface area contributed by atoms with Crippen LogP contribution in [0.4, 0.5) is 0 Å². The van der Waals surface area contributed by atoms with Crippen molar-refractivity contribution in [3.05, 3.63) is 88.4 Å². The molecule has 0 saturated heterocycles. The Bertz CT molecular complexity index is 1200. The van der Waals surface area contributed by atoms with Crippen LogP contribution in [-0.2, 0) is 13.1 Å². The lowest BCUT2D eigenvalue weighted by Crippen LogP contribution is -2.27. The summed E-state index contributed by atoms with van der Waals surface area (Å²) in [7, 11) is 0. The van der Waals surface area contributed by atoms with E-state index in [0.29, 0.717) is 36.2 Å². The van der Waals surface area contributed by atoms with Gasteiger partial charge in [0.25, 0.3) is 11.5 Å². The molecule has 0 unspecified atom stereocenters. The summed E-state index contributed by atoms with van der Waals surface area (Å²) >= 11 is 0. The van der Waals surface area contributed by atoms with Crippen molar-refractivity contribution in [1.29, 1.82) is 0 Å². The van der Waals surface area contributed by atoms with E-state index in [2.05, 4.69) is 20.4 Å². The summed E-state index contributed by atoms with van der Waals surface area (Å²) in [5.74, 6) is -0.183. The lowest BCUT2D eigenvalue weighted by atomic mass is 10.1. The Kier molecular flexibility index (Phi) is 5.15. The molecule has 0 fully saturated rings. The molecular weight excluding hydrogens is 368 g/mol. The van der Waals surface area contributed by atoms with Crippen molar-refractivity contribution in [3.63, 3.8) is 0 Å². The highest BCUT2D eigenvalue weighted by Gasteiger charge is 2.11. The molecule has 0 spiro atoms. The van der Waals surface area contributed by atoms with Crippen LogP contribution in [0.3, 0.4) is 0 Å². The minimum absolute atomic E-state index is 0.136. The highest BCUT2D eigenvalue weighted by Crippen LogP contribution is 2.08. The van der Waals surface area contributed by atoms with Gasteiger partial charge in [0.15, 0.2) is 5.65 Å². The van der Waals surface area contributed by atoms with Gasteiger partial charge in [0.2, 0.25) is 0 Å². The molecule has 4 rings (SSSR count). The number of aryl methyl sites for hydroxylation is 1. The van der Waals surface area contributed by atoms with Gasteiger partial charge in [-0.25, -0.2) is 9.67 Å². The number of aromatic nitrogens is 5. The molecule has 8 heteroatoms. The van der Waals surface area contributed by atoms with Crippen LogP contribution in [0.25, 0.3) is 11.0 Å². The average Bonchev–Trinajstić information content (AvgIpc) is 3.16. The summed E-state index contributed by atoms with van der Waals surface area (Å²) in [4.78, 5) is 33.2. The molecule has 0 radical (unpaired) electrons. The first kappa shape index (κ1) is 18.5. The van der Waals surface area contributed by atoms with Gasteiger partial charge < -0.3 is 5.32 Å². The number of hydrogen-bond donors (Lipinski definition) is 1. The van der Waals surface area contributed by atoms with Crippen LogP contribution in [0.2, 0.25) is 0 Å². The molecule has 1 amide bonds. The molecule has 3 aromatic heterocycles. The standard InChI is InChI=1S/C21H20N6O2/c1-15-2-4-16(5-3-15)13-26-14-24-19-18(21(26)29)12-25-27(19)11-10-23-20(28)17-6-8-22-9-7-17/h2-9,12,14H,10-11,13H2,1H3,(H,23,28). The van der Waals surface area contributed by atoms with Gasteiger partial charge in [0.05, 0.1) is 19.3 Å². The first-order valence-corrected chi connectivity index (χ1v) is 9.26. The minimum Gasteiger partial charge on any atom is -0.350 e. The van der Waals surface area contributed by atoms with Gasteiger partial charge in [-0.2, -0.15) is 5.10 Å². The fourth-order valence-electron chi connectivity index (χ4n) is 3.04. The number of amides is 1. The number of rotatable bonds is 6. The van der Waals surface area contributed by atoms with Crippen molar-refractivity contribution >= 4 is 16.9 Å². The van der Waals surface area contributed by atoms with Crippen molar-refractivity contribution in [2.75, 3.05) is 6.54 Å². The number of carbonyl (C=O) groups is 1. The van der Waals surface area contributed by atoms with E-state index in [1.165, 1.54) is 18.1 Å². The smallest absolute Gasteiger partial charge is 0.264 e. The predicted octanol–water partition coefficient (Wildman–Crippen LogP) is 1.77. The second-order valence-electron chi connectivity index (χ2n) is 6.76. The Balaban J connectivity index is 1.46. The van der Waals surface area contributed by atoms with Crippen molar-refractivity contribution in [2.24, 2.45) is 0 Å². The van der Waals surface area contributed by atoms with E-state index in [4.69, 9.17) is 0 Å². The monoisotopic (exact) mass is 388 g/mol. The Morgan fingerprint density at radius 2 is 1.86 bits per heavy atom. The molecule has 29 heavy (non-hydrogen) atoms. The summed E-state index contributed by atoms with van der Waals surface area (Å²) in [6, 6.07) is 11.3. The lowest BCUT2D eigenvalue weighted by molar-refractivity contribution is 0.0952. The third kappa shape index (κ3) is 4.06. The van der Waals surface area contributed by atoms with Gasteiger partial charge in [-0.15, -0.1) is 0 Å². The zero-order valence-electron chi connectivity index (χ0n) is 15.9. The molecule has 0 saturated carbocycles. The van der Waals surface area contributed by atoms with E-state index >= 15 is 0 Å². The number of nitrogens with zero attached hydrogens (tertiary/aromatic N) is 5. The van der Waals surface area contributed by atoms with Gasteiger partial charge >= 0.3 is 0 Å². The molecule has 1 aromatic carbocycles. The molecule has 8 nitrogen and oxygen atoms in total. The SMILES string of the molecule is Cc1ccc(Cn2cnc3c(cnn3CCNC(=O)c3ccncc3)c2=O)cc1. The molecule has 4 aromatic rings. The number of pyridine rings is 1. The second kappa shape index (κ2) is 8.05. The zero-order chi connectivity index (χ0) is 20.2. The fraction of sp³-hybridized carbons (Fsp3) is 0.190. The summed E-state index contributed by atoms with van der Waals surface area (Å²) in [6.45, 7) is 3.26. The predicted molar refractivity (Wildman–Crippen MR) is 109 cm³/mol. The maximum absolute atomic E-state index is 12.8. The second-order valence-corrected chi connectivity index (χ2v) is 6.76. The first-order chi connectivity index (χ1) is 14.1. The maximum Gasteiger partial charge on any atom is 0.264 e. The summed E-state index contributed by atoms with van der Waals surface area (Å²) < 4.78 is 3.20. The maximum atomic E-state index is 12.8. The van der Waals surface area contributed by atoms with Crippen LogP contribution in [0.15, 0.2) is 66.1 Å². The van der Waals surface area contributed by atoms with Crippen LogP contribution in [0.5, 0.6) is 0 Å². The topological polar surface area (TPSA) is 94.7 Å². The molecule has 0 atom stereocenters. The van der Waals surface area contributed by atoms with Crippen molar-refractivity contribution < 1.29 is 4.79 Å².